The SMILES string of the molecule is O=C(O)C[C@H](NC(=O)Cn1cnc(-c2ncc(CN3CCOCC3)[nH]2)c1NC(=O)c1ccccc1)C(=O)O. The minimum absolute atomic E-state index is 0.159. The normalized spacial score (nSPS) is 14.5. The highest BCUT2D eigenvalue weighted by Crippen LogP contribution is 2.25. The molecule has 1 aliphatic rings. The number of nitrogens with one attached hydrogen (secondary N) is 3. The summed E-state index contributed by atoms with van der Waals surface area (Å²) in [5, 5.41) is 23.1. The molecule has 0 saturated carbocycles. The minimum Gasteiger partial charge on any atom is -0.481 e. The number of aliphatic carboxylic acids is 2. The lowest BCUT2D eigenvalue weighted by Gasteiger charge is -2.25. The van der Waals surface area contributed by atoms with Gasteiger partial charge in [0.2, 0.25) is 5.91 Å². The van der Waals surface area contributed by atoms with Crippen molar-refractivity contribution in [2.75, 3.05) is 31.6 Å². The fourth-order valence-electron chi connectivity index (χ4n) is 3.91. The summed E-state index contributed by atoms with van der Waals surface area (Å²) in [4.78, 5) is 62.0. The van der Waals surface area contributed by atoms with Crippen LogP contribution in [0.1, 0.15) is 22.5 Å². The van der Waals surface area contributed by atoms with Gasteiger partial charge in [0.05, 0.1) is 32.2 Å². The summed E-state index contributed by atoms with van der Waals surface area (Å²) in [6, 6.07) is 6.82. The summed E-state index contributed by atoms with van der Waals surface area (Å²) in [7, 11) is 0. The maximum absolute atomic E-state index is 12.9. The van der Waals surface area contributed by atoms with Gasteiger partial charge in [-0.1, -0.05) is 18.2 Å². The number of carboxylic acid groups (broad SMARTS) is 2. The molecule has 0 radical (unpaired) electrons. The van der Waals surface area contributed by atoms with Gasteiger partial charge in [0, 0.05) is 30.9 Å². The maximum Gasteiger partial charge on any atom is 0.326 e. The number of benzene rings is 1. The highest BCUT2D eigenvalue weighted by molar-refractivity contribution is 6.05. The summed E-state index contributed by atoms with van der Waals surface area (Å²) in [6.07, 6.45) is 2.20. The number of nitrogens with zero attached hydrogens (tertiary/aromatic N) is 4. The van der Waals surface area contributed by atoms with E-state index in [1.807, 2.05) is 0 Å². The molecule has 2 amide bonds. The zero-order valence-electron chi connectivity index (χ0n) is 20.3. The molecule has 0 aliphatic carbocycles. The number of aromatic nitrogens is 4. The number of hydrogen-bond donors (Lipinski definition) is 5. The van der Waals surface area contributed by atoms with Crippen LogP contribution in [0.25, 0.3) is 11.5 Å². The van der Waals surface area contributed by atoms with Gasteiger partial charge in [0.15, 0.2) is 5.82 Å². The van der Waals surface area contributed by atoms with Gasteiger partial charge in [-0.05, 0) is 12.1 Å². The Labute approximate surface area is 216 Å². The molecule has 3 aromatic rings. The van der Waals surface area contributed by atoms with E-state index in [4.69, 9.17) is 9.84 Å². The van der Waals surface area contributed by atoms with E-state index in [1.165, 1.54) is 10.9 Å². The minimum atomic E-state index is -1.61. The second kappa shape index (κ2) is 12.1. The lowest BCUT2D eigenvalue weighted by Crippen LogP contribution is -2.43. The average molecular weight is 526 g/mol. The third-order valence-corrected chi connectivity index (χ3v) is 5.78. The number of H-pyrrole nitrogens is 1. The van der Waals surface area contributed by atoms with Crippen molar-refractivity contribution in [3.8, 4) is 11.5 Å². The molecule has 4 rings (SSSR count). The van der Waals surface area contributed by atoms with Crippen LogP contribution in [-0.4, -0.2) is 90.7 Å². The Balaban J connectivity index is 1.57. The number of imidazole rings is 2. The number of aromatic amines is 1. The van der Waals surface area contributed by atoms with E-state index < -0.39 is 42.8 Å². The number of anilines is 1. The molecule has 14 nitrogen and oxygen atoms in total. The first-order chi connectivity index (χ1) is 18.3. The molecule has 5 N–H and O–H groups in total. The van der Waals surface area contributed by atoms with Crippen molar-refractivity contribution in [1.82, 2.24) is 29.7 Å². The molecular formula is C24H27N7O7. The van der Waals surface area contributed by atoms with Crippen LogP contribution in [0.4, 0.5) is 5.82 Å². The number of carboxylic acids is 2. The van der Waals surface area contributed by atoms with Gasteiger partial charge in [-0.3, -0.25) is 19.3 Å². The number of hydrogen-bond acceptors (Lipinski definition) is 8. The molecule has 0 bridgehead atoms. The second-order valence-electron chi connectivity index (χ2n) is 8.59. The van der Waals surface area contributed by atoms with E-state index in [0.717, 1.165) is 18.8 Å². The van der Waals surface area contributed by atoms with E-state index in [-0.39, 0.29) is 11.5 Å². The molecule has 14 heteroatoms. The number of carbonyl (C=O) groups is 4. The molecule has 3 heterocycles. The Morgan fingerprint density at radius 1 is 1.08 bits per heavy atom. The summed E-state index contributed by atoms with van der Waals surface area (Å²) < 4.78 is 6.71. The predicted octanol–water partition coefficient (Wildman–Crippen LogP) is 0.402. The van der Waals surface area contributed by atoms with Crippen LogP contribution in [0.15, 0.2) is 42.9 Å². The smallest absolute Gasteiger partial charge is 0.326 e. The monoisotopic (exact) mass is 525 g/mol. The molecule has 1 aliphatic heterocycles. The summed E-state index contributed by atoms with van der Waals surface area (Å²) in [6.45, 7) is 3.07. The molecule has 200 valence electrons. The van der Waals surface area contributed by atoms with E-state index in [9.17, 15) is 24.3 Å². The quantitative estimate of drug-likeness (QED) is 0.234. The van der Waals surface area contributed by atoms with Crippen molar-refractivity contribution in [2.45, 2.75) is 25.6 Å². The lowest BCUT2D eigenvalue weighted by atomic mass is 10.2. The van der Waals surface area contributed by atoms with Gasteiger partial charge in [-0.15, -0.1) is 0 Å². The number of ether oxygens (including phenoxy) is 1. The molecule has 1 aromatic carbocycles. The summed E-state index contributed by atoms with van der Waals surface area (Å²) in [5.74, 6) is -3.55. The molecule has 1 saturated heterocycles. The number of rotatable bonds is 11. The van der Waals surface area contributed by atoms with Crippen molar-refractivity contribution in [3.63, 3.8) is 0 Å². The third-order valence-electron chi connectivity index (χ3n) is 5.78. The van der Waals surface area contributed by atoms with Crippen LogP contribution in [0, 0.1) is 0 Å². The van der Waals surface area contributed by atoms with Crippen molar-refractivity contribution >= 4 is 29.6 Å². The Kier molecular flexibility index (Phi) is 8.45. The standard InChI is InChI=1S/C24H27N7O7/c32-18(28-17(24(36)37)10-19(33)34)13-31-14-26-20(22(31)29-23(35)15-4-2-1-3-5-15)21-25-11-16(27-21)12-30-6-8-38-9-7-30/h1-5,11,14,17H,6-10,12-13H2,(H,25,27)(H,28,32)(H,29,35)(H,33,34)(H,36,37)/t17-/m0/s1. The van der Waals surface area contributed by atoms with Crippen LogP contribution in [0.5, 0.6) is 0 Å². The van der Waals surface area contributed by atoms with E-state index in [2.05, 4.69) is 30.5 Å². The third kappa shape index (κ3) is 6.80. The first kappa shape index (κ1) is 26.5. The molecule has 0 unspecified atom stereocenters. The van der Waals surface area contributed by atoms with Crippen LogP contribution in [-0.2, 0) is 32.2 Å². The largest absolute Gasteiger partial charge is 0.481 e. The molecule has 0 spiro atoms. The lowest BCUT2D eigenvalue weighted by molar-refractivity contribution is -0.147. The fourth-order valence-corrected chi connectivity index (χ4v) is 3.91. The first-order valence-electron chi connectivity index (χ1n) is 11.8. The van der Waals surface area contributed by atoms with Gasteiger partial charge >= 0.3 is 11.9 Å². The Morgan fingerprint density at radius 2 is 1.82 bits per heavy atom. The Bertz CT molecular complexity index is 1300. The van der Waals surface area contributed by atoms with Crippen LogP contribution in [0.3, 0.4) is 0 Å². The van der Waals surface area contributed by atoms with Crippen LogP contribution in [0.2, 0.25) is 0 Å². The van der Waals surface area contributed by atoms with E-state index in [1.54, 1.807) is 36.5 Å². The van der Waals surface area contributed by atoms with Crippen molar-refractivity contribution in [1.29, 1.82) is 0 Å². The van der Waals surface area contributed by atoms with Crippen molar-refractivity contribution < 1.29 is 34.1 Å². The topological polar surface area (TPSA) is 192 Å². The van der Waals surface area contributed by atoms with Gasteiger partial charge in [0.1, 0.15) is 24.1 Å². The second-order valence-corrected chi connectivity index (χ2v) is 8.59. The number of morpholine rings is 1. The Morgan fingerprint density at radius 3 is 2.50 bits per heavy atom. The number of carbonyl (C=O) groups excluding carboxylic acids is 2. The highest BCUT2D eigenvalue weighted by atomic mass is 16.5. The van der Waals surface area contributed by atoms with Gasteiger partial charge in [-0.2, -0.15) is 0 Å². The summed E-state index contributed by atoms with van der Waals surface area (Å²) in [5.41, 5.74) is 1.47. The van der Waals surface area contributed by atoms with Gasteiger partial charge in [0.25, 0.3) is 5.91 Å². The van der Waals surface area contributed by atoms with Crippen molar-refractivity contribution in [2.24, 2.45) is 0 Å². The first-order valence-corrected chi connectivity index (χ1v) is 11.8. The predicted molar refractivity (Wildman–Crippen MR) is 132 cm³/mol. The zero-order valence-corrected chi connectivity index (χ0v) is 20.3. The molecule has 2 aromatic heterocycles. The highest BCUT2D eigenvalue weighted by Gasteiger charge is 2.25. The average Bonchev–Trinajstić information content (AvgIpc) is 3.51. The maximum atomic E-state index is 12.9. The molecule has 1 atom stereocenters. The molecular weight excluding hydrogens is 498 g/mol. The van der Waals surface area contributed by atoms with Crippen LogP contribution < -0.4 is 10.6 Å². The molecule has 38 heavy (non-hydrogen) atoms. The van der Waals surface area contributed by atoms with Crippen molar-refractivity contribution in [3.05, 3.63) is 54.1 Å². The summed E-state index contributed by atoms with van der Waals surface area (Å²) >= 11 is 0. The zero-order chi connectivity index (χ0) is 27.1. The molecule has 1 fully saturated rings. The van der Waals surface area contributed by atoms with E-state index >= 15 is 0 Å². The van der Waals surface area contributed by atoms with Crippen LogP contribution >= 0.6 is 0 Å². The van der Waals surface area contributed by atoms with Gasteiger partial charge in [-0.25, -0.2) is 14.8 Å². The van der Waals surface area contributed by atoms with Gasteiger partial charge < -0.3 is 35.1 Å². The van der Waals surface area contributed by atoms with E-state index in [0.29, 0.717) is 31.1 Å². The Hall–Kier alpha value is -4.56. The fraction of sp³-hybridized carbons (Fsp3) is 0.333. The number of amides is 2.